The number of benzene rings is 1. The molecule has 1 aromatic carbocycles. The van der Waals surface area contributed by atoms with Crippen LogP contribution >= 0.6 is 0 Å². The summed E-state index contributed by atoms with van der Waals surface area (Å²) >= 11 is 0. The topological polar surface area (TPSA) is 41.5 Å². The predicted octanol–water partition coefficient (Wildman–Crippen LogP) is 3.07. The molecule has 1 aliphatic rings. The lowest BCUT2D eigenvalue weighted by Gasteiger charge is -2.20. The lowest BCUT2D eigenvalue weighted by Crippen LogP contribution is -2.31. The molecule has 2 N–H and O–H groups in total. The van der Waals surface area contributed by atoms with Gasteiger partial charge in [-0.25, -0.2) is 0 Å². The third-order valence-electron chi connectivity index (χ3n) is 3.98. The van der Waals surface area contributed by atoms with Gasteiger partial charge in [0.25, 0.3) is 0 Å². The van der Waals surface area contributed by atoms with Crippen molar-refractivity contribution in [2.75, 3.05) is 7.11 Å². The smallest absolute Gasteiger partial charge is 0.160 e. The van der Waals surface area contributed by atoms with Gasteiger partial charge in [0.15, 0.2) is 11.5 Å². The molecule has 0 heterocycles. The van der Waals surface area contributed by atoms with Gasteiger partial charge in [-0.1, -0.05) is 18.9 Å². The lowest BCUT2D eigenvalue weighted by molar-refractivity contribution is 0.369. The van der Waals surface area contributed by atoms with Crippen LogP contribution in [-0.4, -0.2) is 18.3 Å². The molecule has 18 heavy (non-hydrogen) atoms. The van der Waals surface area contributed by atoms with Crippen LogP contribution in [0.5, 0.6) is 11.5 Å². The van der Waals surface area contributed by atoms with Crippen molar-refractivity contribution >= 4 is 0 Å². The van der Waals surface area contributed by atoms with Crippen LogP contribution in [0.2, 0.25) is 0 Å². The molecule has 0 amide bonds. The zero-order valence-electron chi connectivity index (χ0n) is 11.3. The summed E-state index contributed by atoms with van der Waals surface area (Å²) in [5.74, 6) is 1.56. The van der Waals surface area contributed by atoms with Crippen molar-refractivity contribution in [1.29, 1.82) is 0 Å². The van der Waals surface area contributed by atoms with Crippen molar-refractivity contribution in [3.05, 3.63) is 23.8 Å². The molecule has 3 nitrogen and oxygen atoms in total. The Morgan fingerprint density at radius 1 is 1.39 bits per heavy atom. The van der Waals surface area contributed by atoms with E-state index in [0.717, 1.165) is 18.0 Å². The maximum atomic E-state index is 9.72. The van der Waals surface area contributed by atoms with Crippen LogP contribution in [0.25, 0.3) is 0 Å². The highest BCUT2D eigenvalue weighted by molar-refractivity contribution is 5.41. The van der Waals surface area contributed by atoms with Gasteiger partial charge in [0.2, 0.25) is 0 Å². The number of rotatable bonds is 5. The Morgan fingerprint density at radius 3 is 2.72 bits per heavy atom. The van der Waals surface area contributed by atoms with E-state index in [0.29, 0.717) is 11.8 Å². The average Bonchev–Trinajstić information content (AvgIpc) is 2.90. The molecule has 0 unspecified atom stereocenters. The van der Waals surface area contributed by atoms with Crippen molar-refractivity contribution in [2.45, 2.75) is 45.2 Å². The maximum absolute atomic E-state index is 9.72. The van der Waals surface area contributed by atoms with E-state index in [1.807, 2.05) is 12.1 Å². The first-order chi connectivity index (χ1) is 8.70. The second-order valence-electron chi connectivity index (χ2n) is 5.22. The van der Waals surface area contributed by atoms with Crippen LogP contribution < -0.4 is 10.1 Å². The molecular weight excluding hydrogens is 226 g/mol. The van der Waals surface area contributed by atoms with Gasteiger partial charge >= 0.3 is 0 Å². The van der Waals surface area contributed by atoms with Crippen LogP contribution in [0.3, 0.4) is 0 Å². The molecule has 0 aliphatic heterocycles. The average molecular weight is 249 g/mol. The summed E-state index contributed by atoms with van der Waals surface area (Å²) < 4.78 is 5.04. The molecule has 0 aromatic heterocycles. The molecule has 1 atom stereocenters. The molecule has 2 rings (SSSR count). The maximum Gasteiger partial charge on any atom is 0.160 e. The zero-order chi connectivity index (χ0) is 13.0. The number of aromatic hydroxyl groups is 1. The van der Waals surface area contributed by atoms with Crippen LogP contribution in [0.4, 0.5) is 0 Å². The fourth-order valence-electron chi connectivity index (χ4n) is 2.75. The molecule has 0 spiro atoms. The largest absolute Gasteiger partial charge is 0.504 e. The summed E-state index contributed by atoms with van der Waals surface area (Å²) in [5.41, 5.74) is 1.10. The van der Waals surface area contributed by atoms with Crippen molar-refractivity contribution in [3.8, 4) is 11.5 Å². The highest BCUT2D eigenvalue weighted by Gasteiger charge is 2.20. The van der Waals surface area contributed by atoms with Gasteiger partial charge < -0.3 is 15.2 Å². The van der Waals surface area contributed by atoms with Crippen molar-refractivity contribution in [2.24, 2.45) is 5.92 Å². The van der Waals surface area contributed by atoms with E-state index in [1.165, 1.54) is 25.7 Å². The van der Waals surface area contributed by atoms with E-state index < -0.39 is 0 Å². The first kappa shape index (κ1) is 13.2. The Kier molecular flexibility index (Phi) is 4.48. The van der Waals surface area contributed by atoms with Crippen LogP contribution in [-0.2, 0) is 6.54 Å². The van der Waals surface area contributed by atoms with E-state index in [1.54, 1.807) is 13.2 Å². The Morgan fingerprint density at radius 2 is 2.11 bits per heavy atom. The van der Waals surface area contributed by atoms with E-state index in [-0.39, 0.29) is 5.75 Å². The Hall–Kier alpha value is -1.22. The second-order valence-corrected chi connectivity index (χ2v) is 5.22. The van der Waals surface area contributed by atoms with Gasteiger partial charge in [-0.3, -0.25) is 0 Å². The highest BCUT2D eigenvalue weighted by Crippen LogP contribution is 2.28. The Labute approximate surface area is 109 Å². The molecule has 0 bridgehead atoms. The number of hydrogen-bond donors (Lipinski definition) is 2. The summed E-state index contributed by atoms with van der Waals surface area (Å²) in [7, 11) is 1.56. The summed E-state index contributed by atoms with van der Waals surface area (Å²) in [6, 6.07) is 6.13. The number of ether oxygens (including phenoxy) is 1. The molecule has 1 aromatic rings. The number of phenolic OH excluding ortho intramolecular Hbond substituents is 1. The van der Waals surface area contributed by atoms with Crippen molar-refractivity contribution < 1.29 is 9.84 Å². The number of nitrogens with one attached hydrogen (secondary N) is 1. The molecular formula is C15H23NO2. The Balaban J connectivity index is 1.87. The first-order valence-electron chi connectivity index (χ1n) is 6.80. The van der Waals surface area contributed by atoms with E-state index in [2.05, 4.69) is 12.2 Å². The van der Waals surface area contributed by atoms with Crippen molar-refractivity contribution in [3.63, 3.8) is 0 Å². The van der Waals surface area contributed by atoms with Crippen LogP contribution in [0.15, 0.2) is 18.2 Å². The van der Waals surface area contributed by atoms with Gasteiger partial charge in [-0.2, -0.15) is 0 Å². The van der Waals surface area contributed by atoms with Gasteiger partial charge in [0.05, 0.1) is 7.11 Å². The molecule has 0 radical (unpaired) electrons. The quantitative estimate of drug-likeness (QED) is 0.842. The predicted molar refractivity (Wildman–Crippen MR) is 72.9 cm³/mol. The first-order valence-corrected chi connectivity index (χ1v) is 6.80. The molecule has 1 saturated carbocycles. The number of hydrogen-bond acceptors (Lipinski definition) is 3. The van der Waals surface area contributed by atoms with Gasteiger partial charge in [-0.05, 0) is 43.4 Å². The van der Waals surface area contributed by atoms with Gasteiger partial charge in [0.1, 0.15) is 0 Å². The third kappa shape index (κ3) is 3.16. The van der Waals surface area contributed by atoms with Crippen molar-refractivity contribution in [1.82, 2.24) is 5.32 Å². The monoisotopic (exact) mass is 249 g/mol. The summed E-state index contributed by atoms with van der Waals surface area (Å²) in [5, 5.41) is 13.3. The summed E-state index contributed by atoms with van der Waals surface area (Å²) in [4.78, 5) is 0. The zero-order valence-corrected chi connectivity index (χ0v) is 11.3. The molecule has 3 heteroatoms. The second kappa shape index (κ2) is 6.10. The molecule has 1 aliphatic carbocycles. The van der Waals surface area contributed by atoms with Crippen LogP contribution in [0, 0.1) is 5.92 Å². The molecule has 1 fully saturated rings. The van der Waals surface area contributed by atoms with Gasteiger partial charge in [-0.15, -0.1) is 0 Å². The molecule has 0 saturated heterocycles. The number of methoxy groups -OCH3 is 1. The minimum absolute atomic E-state index is 0.213. The SMILES string of the molecule is COc1ccc(CN[C@H](C)C2CCCC2)cc1O. The van der Waals surface area contributed by atoms with Gasteiger partial charge in [0, 0.05) is 12.6 Å². The minimum atomic E-state index is 0.213. The normalized spacial score (nSPS) is 17.9. The van der Waals surface area contributed by atoms with Crippen LogP contribution in [0.1, 0.15) is 38.2 Å². The van der Waals surface area contributed by atoms with E-state index in [9.17, 15) is 5.11 Å². The lowest BCUT2D eigenvalue weighted by atomic mass is 9.99. The third-order valence-corrected chi connectivity index (χ3v) is 3.98. The fourth-order valence-corrected chi connectivity index (χ4v) is 2.75. The fraction of sp³-hybridized carbons (Fsp3) is 0.600. The summed E-state index contributed by atoms with van der Waals surface area (Å²) in [6.07, 6.45) is 5.45. The minimum Gasteiger partial charge on any atom is -0.504 e. The summed E-state index contributed by atoms with van der Waals surface area (Å²) in [6.45, 7) is 3.06. The Bertz CT molecular complexity index is 386. The number of phenols is 1. The van der Waals surface area contributed by atoms with E-state index >= 15 is 0 Å². The molecule has 100 valence electrons. The standard InChI is InChI=1S/C15H23NO2/c1-11(13-5-3-4-6-13)16-10-12-7-8-15(18-2)14(17)9-12/h7-9,11,13,16-17H,3-6,10H2,1-2H3/t11-/m1/s1. The highest BCUT2D eigenvalue weighted by atomic mass is 16.5. The van der Waals surface area contributed by atoms with E-state index in [4.69, 9.17) is 4.74 Å².